The van der Waals surface area contributed by atoms with Gasteiger partial charge in [-0.25, -0.2) is 4.79 Å². The van der Waals surface area contributed by atoms with E-state index in [1.807, 2.05) is 30.6 Å². The van der Waals surface area contributed by atoms with Crippen molar-refractivity contribution in [1.82, 2.24) is 4.90 Å². The molecule has 7 heteroatoms. The number of esters is 1. The highest BCUT2D eigenvalue weighted by atomic mass is 35.5. The standard InChI is InChI=1S/C36H44ClN3O2S/c1-35(2,39-32-20-18-31(37)19-21-32)30-16-14-27(15-17-30)22-33-36(34(41)42-3,25-43-24-29-12-8-5-9-13-29)38-26-40(33)23-28-10-6-4-7-11-28/h4-13,18-21,26-27,30,33,39H,14-17,22-25H2,1-3H3. The Morgan fingerprint density at radius 2 is 1.60 bits per heavy atom. The van der Waals surface area contributed by atoms with Crippen LogP contribution in [0.4, 0.5) is 5.69 Å². The van der Waals surface area contributed by atoms with Gasteiger partial charge in [0.1, 0.15) is 0 Å². The molecule has 0 spiro atoms. The molecule has 1 heterocycles. The fourth-order valence-corrected chi connectivity index (χ4v) is 8.15. The number of ether oxygens (including phenoxy) is 1. The molecule has 1 fully saturated rings. The minimum Gasteiger partial charge on any atom is -0.467 e. The number of carbonyl (C=O) groups excluding carboxylic acids is 1. The molecule has 0 amide bonds. The number of anilines is 1. The van der Waals surface area contributed by atoms with E-state index in [1.54, 1.807) is 11.8 Å². The molecule has 1 saturated carbocycles. The smallest absolute Gasteiger partial charge is 0.336 e. The van der Waals surface area contributed by atoms with Gasteiger partial charge < -0.3 is 15.0 Å². The molecule has 1 aliphatic heterocycles. The summed E-state index contributed by atoms with van der Waals surface area (Å²) in [6.45, 7) is 5.35. The van der Waals surface area contributed by atoms with Crippen LogP contribution in [0.1, 0.15) is 57.1 Å². The van der Waals surface area contributed by atoms with Gasteiger partial charge in [0.05, 0.1) is 19.5 Å². The van der Waals surface area contributed by atoms with Gasteiger partial charge in [0.15, 0.2) is 5.54 Å². The zero-order chi connectivity index (χ0) is 30.3. The summed E-state index contributed by atoms with van der Waals surface area (Å²) in [6.07, 6.45) is 7.42. The number of methoxy groups -OCH3 is 1. The third-order valence-electron chi connectivity index (χ3n) is 9.30. The maximum Gasteiger partial charge on any atom is 0.336 e. The zero-order valence-electron chi connectivity index (χ0n) is 25.5. The first kappa shape index (κ1) is 31.5. The van der Waals surface area contributed by atoms with E-state index in [0.29, 0.717) is 17.6 Å². The van der Waals surface area contributed by atoms with Crippen molar-refractivity contribution in [2.75, 3.05) is 18.2 Å². The Kier molecular flexibility index (Phi) is 10.4. The SMILES string of the molecule is COC(=O)C1(CSCc2ccccc2)N=CN(Cc2ccccc2)C1CC1CCC(C(C)(C)Nc2ccc(Cl)cc2)CC1. The van der Waals surface area contributed by atoms with E-state index in [1.165, 1.54) is 18.2 Å². The van der Waals surface area contributed by atoms with Gasteiger partial charge in [-0.1, -0.05) is 85.1 Å². The molecule has 2 aliphatic rings. The Labute approximate surface area is 266 Å². The van der Waals surface area contributed by atoms with Crippen molar-refractivity contribution in [3.8, 4) is 0 Å². The maximum absolute atomic E-state index is 13.6. The van der Waals surface area contributed by atoms with Crippen molar-refractivity contribution >= 4 is 41.4 Å². The number of halogens is 1. The Morgan fingerprint density at radius 3 is 2.23 bits per heavy atom. The molecule has 5 rings (SSSR count). The summed E-state index contributed by atoms with van der Waals surface area (Å²) in [5.41, 5.74) is 2.62. The van der Waals surface area contributed by atoms with Crippen LogP contribution < -0.4 is 5.32 Å². The first-order chi connectivity index (χ1) is 20.8. The highest BCUT2D eigenvalue weighted by Gasteiger charge is 2.53. The molecular weight excluding hydrogens is 574 g/mol. The number of hydrogen-bond acceptors (Lipinski definition) is 6. The summed E-state index contributed by atoms with van der Waals surface area (Å²) in [7, 11) is 1.50. The van der Waals surface area contributed by atoms with Gasteiger partial charge >= 0.3 is 5.97 Å². The number of nitrogens with zero attached hydrogens (tertiary/aromatic N) is 2. The maximum atomic E-state index is 13.6. The van der Waals surface area contributed by atoms with Gasteiger partial charge in [0.25, 0.3) is 0 Å². The predicted octanol–water partition coefficient (Wildman–Crippen LogP) is 8.48. The van der Waals surface area contributed by atoms with Crippen molar-refractivity contribution in [3.05, 3.63) is 101 Å². The van der Waals surface area contributed by atoms with E-state index in [2.05, 4.69) is 84.7 Å². The molecule has 5 nitrogen and oxygen atoms in total. The second-order valence-corrected chi connectivity index (χ2v) is 14.0. The van der Waals surface area contributed by atoms with Gasteiger partial charge in [-0.2, -0.15) is 11.8 Å². The molecule has 3 aromatic carbocycles. The monoisotopic (exact) mass is 617 g/mol. The van der Waals surface area contributed by atoms with Crippen LogP contribution in [0.3, 0.4) is 0 Å². The normalized spacial score (nSPS) is 23.7. The zero-order valence-corrected chi connectivity index (χ0v) is 27.1. The van der Waals surface area contributed by atoms with Crippen molar-refractivity contribution in [3.63, 3.8) is 0 Å². The van der Waals surface area contributed by atoms with E-state index in [0.717, 1.165) is 55.1 Å². The largest absolute Gasteiger partial charge is 0.467 e. The lowest BCUT2D eigenvalue weighted by molar-refractivity contribution is -0.147. The second kappa shape index (κ2) is 14.2. The molecule has 0 aromatic heterocycles. The van der Waals surface area contributed by atoms with E-state index >= 15 is 0 Å². The minimum absolute atomic E-state index is 0.0293. The van der Waals surface area contributed by atoms with Gasteiger partial charge in [0.2, 0.25) is 0 Å². The Balaban J connectivity index is 1.29. The van der Waals surface area contributed by atoms with Crippen molar-refractivity contribution in [2.24, 2.45) is 16.8 Å². The molecule has 228 valence electrons. The van der Waals surface area contributed by atoms with Crippen LogP contribution in [-0.4, -0.2) is 47.2 Å². The van der Waals surface area contributed by atoms with Crippen molar-refractivity contribution in [2.45, 2.75) is 75.4 Å². The molecule has 2 unspecified atom stereocenters. The van der Waals surface area contributed by atoms with E-state index in [9.17, 15) is 4.79 Å². The number of nitrogens with one attached hydrogen (secondary N) is 1. The van der Waals surface area contributed by atoms with E-state index in [-0.39, 0.29) is 17.6 Å². The summed E-state index contributed by atoms with van der Waals surface area (Å²) in [4.78, 5) is 20.9. The lowest BCUT2D eigenvalue weighted by atomic mass is 9.70. The first-order valence-corrected chi connectivity index (χ1v) is 16.9. The summed E-state index contributed by atoms with van der Waals surface area (Å²) in [6, 6.07) is 28.8. The van der Waals surface area contributed by atoms with Gasteiger partial charge in [-0.15, -0.1) is 0 Å². The van der Waals surface area contributed by atoms with E-state index in [4.69, 9.17) is 21.3 Å². The highest BCUT2D eigenvalue weighted by Crippen LogP contribution is 2.43. The van der Waals surface area contributed by atoms with Crippen LogP contribution in [0.25, 0.3) is 0 Å². The van der Waals surface area contributed by atoms with Crippen LogP contribution in [0.5, 0.6) is 0 Å². The Bertz CT molecular complexity index is 1340. The van der Waals surface area contributed by atoms with Gasteiger partial charge in [-0.05, 0) is 80.3 Å². The first-order valence-electron chi connectivity index (χ1n) is 15.4. The molecule has 3 aromatic rings. The fourth-order valence-electron chi connectivity index (χ4n) is 6.79. The summed E-state index contributed by atoms with van der Waals surface area (Å²) < 4.78 is 5.47. The number of rotatable bonds is 12. The minimum atomic E-state index is -0.921. The summed E-state index contributed by atoms with van der Waals surface area (Å²) in [5, 5.41) is 4.51. The number of aliphatic imine (C=N–C) groups is 1. The molecule has 0 saturated heterocycles. The van der Waals surface area contributed by atoms with E-state index < -0.39 is 5.54 Å². The van der Waals surface area contributed by atoms with Crippen LogP contribution in [0, 0.1) is 11.8 Å². The van der Waals surface area contributed by atoms with Crippen LogP contribution in [-0.2, 0) is 21.8 Å². The van der Waals surface area contributed by atoms with Crippen LogP contribution >= 0.6 is 23.4 Å². The quantitative estimate of drug-likeness (QED) is 0.207. The second-order valence-electron chi connectivity index (χ2n) is 12.6. The molecule has 0 radical (unpaired) electrons. The fraction of sp³-hybridized carbons (Fsp3) is 0.444. The van der Waals surface area contributed by atoms with Crippen LogP contribution in [0.2, 0.25) is 5.02 Å². The highest BCUT2D eigenvalue weighted by molar-refractivity contribution is 7.98. The van der Waals surface area contributed by atoms with Crippen molar-refractivity contribution < 1.29 is 9.53 Å². The molecule has 0 bridgehead atoms. The number of carbonyl (C=O) groups is 1. The van der Waals surface area contributed by atoms with Gasteiger partial charge in [-0.3, -0.25) is 4.99 Å². The lowest BCUT2D eigenvalue weighted by Crippen LogP contribution is -2.54. The average Bonchev–Trinajstić information content (AvgIpc) is 3.36. The molecule has 1 N–H and O–H groups in total. The Hall–Kier alpha value is -2.96. The predicted molar refractivity (Wildman–Crippen MR) is 181 cm³/mol. The molecule has 1 aliphatic carbocycles. The summed E-state index contributed by atoms with van der Waals surface area (Å²) >= 11 is 7.88. The molecular formula is C36H44ClN3O2S. The van der Waals surface area contributed by atoms with Crippen LogP contribution in [0.15, 0.2) is 89.9 Å². The third kappa shape index (κ3) is 7.77. The topological polar surface area (TPSA) is 53.9 Å². The number of hydrogen-bond donors (Lipinski definition) is 1. The van der Waals surface area contributed by atoms with Crippen molar-refractivity contribution in [1.29, 1.82) is 0 Å². The third-order valence-corrected chi connectivity index (χ3v) is 10.7. The average molecular weight is 618 g/mol. The lowest BCUT2D eigenvalue weighted by Gasteiger charge is -2.43. The van der Waals surface area contributed by atoms with Gasteiger partial charge in [0, 0.05) is 34.3 Å². The number of benzene rings is 3. The number of thioether (sulfide) groups is 1. The summed E-state index contributed by atoms with van der Waals surface area (Å²) in [5.74, 6) is 2.28. The molecule has 2 atom stereocenters. The Morgan fingerprint density at radius 1 is 0.977 bits per heavy atom. The molecule has 43 heavy (non-hydrogen) atoms.